The quantitative estimate of drug-likeness (QED) is 0.343. The summed E-state index contributed by atoms with van der Waals surface area (Å²) in [7, 11) is 0. The molecule has 2 heterocycles. The second kappa shape index (κ2) is 12.9. The SMILES string of the molecule is CCOC(=O)c1c(NC(=O)COc2ccc(C(C)C)cc2)sc2c1CCN(Cc1ccccc1)C2.Cl. The highest BCUT2D eigenvalue weighted by Crippen LogP contribution is 2.38. The monoisotopic (exact) mass is 528 g/mol. The van der Waals surface area contributed by atoms with Gasteiger partial charge in [-0.25, -0.2) is 4.79 Å². The maximum absolute atomic E-state index is 12.8. The van der Waals surface area contributed by atoms with E-state index in [-0.39, 0.29) is 37.5 Å². The number of rotatable bonds is 9. The molecule has 8 heteroatoms. The zero-order chi connectivity index (χ0) is 24.8. The summed E-state index contributed by atoms with van der Waals surface area (Å²) in [6, 6.07) is 18.1. The summed E-state index contributed by atoms with van der Waals surface area (Å²) in [5.41, 5.74) is 3.94. The first-order valence-corrected chi connectivity index (χ1v) is 12.9. The van der Waals surface area contributed by atoms with Crippen LogP contribution in [0.2, 0.25) is 0 Å². The molecule has 4 rings (SSSR count). The maximum atomic E-state index is 12.8. The van der Waals surface area contributed by atoms with E-state index >= 15 is 0 Å². The molecule has 192 valence electrons. The molecule has 0 fully saturated rings. The highest BCUT2D eigenvalue weighted by molar-refractivity contribution is 7.17. The minimum atomic E-state index is -0.387. The van der Waals surface area contributed by atoms with E-state index in [0.717, 1.165) is 36.5 Å². The standard InChI is InChI=1S/C28H32N2O4S.ClH/c1-4-33-28(32)26-23-14-15-30(16-20-8-6-5-7-9-20)17-24(23)35-27(26)29-25(31)18-34-22-12-10-21(11-13-22)19(2)3;/h5-13,19H,4,14-18H2,1-3H3,(H,29,31);1H. The van der Waals surface area contributed by atoms with Crippen molar-refractivity contribution in [2.24, 2.45) is 0 Å². The summed E-state index contributed by atoms with van der Waals surface area (Å²) < 4.78 is 11.0. The van der Waals surface area contributed by atoms with E-state index in [0.29, 0.717) is 22.2 Å². The van der Waals surface area contributed by atoms with Crippen LogP contribution in [0, 0.1) is 0 Å². The van der Waals surface area contributed by atoms with Gasteiger partial charge in [0, 0.05) is 24.5 Å². The molecule has 36 heavy (non-hydrogen) atoms. The Labute approximate surface area is 223 Å². The van der Waals surface area contributed by atoms with Gasteiger partial charge in [0.1, 0.15) is 10.8 Å². The van der Waals surface area contributed by atoms with E-state index in [1.807, 2.05) is 42.5 Å². The minimum absolute atomic E-state index is 0. The van der Waals surface area contributed by atoms with Crippen LogP contribution in [-0.2, 0) is 29.0 Å². The predicted octanol–water partition coefficient (Wildman–Crippen LogP) is 6.05. The summed E-state index contributed by atoms with van der Waals surface area (Å²) in [5, 5.41) is 3.45. The van der Waals surface area contributed by atoms with Crippen molar-refractivity contribution in [2.75, 3.05) is 25.1 Å². The van der Waals surface area contributed by atoms with Gasteiger partial charge in [-0.3, -0.25) is 9.69 Å². The largest absolute Gasteiger partial charge is 0.484 e. The second-order valence-corrected chi connectivity index (χ2v) is 10.0. The fourth-order valence-electron chi connectivity index (χ4n) is 4.20. The zero-order valence-electron chi connectivity index (χ0n) is 20.9. The van der Waals surface area contributed by atoms with E-state index in [4.69, 9.17) is 9.47 Å². The summed E-state index contributed by atoms with van der Waals surface area (Å²) in [6.45, 7) is 8.62. The van der Waals surface area contributed by atoms with Crippen molar-refractivity contribution in [1.29, 1.82) is 0 Å². The van der Waals surface area contributed by atoms with Gasteiger partial charge in [0.25, 0.3) is 5.91 Å². The molecule has 0 spiro atoms. The van der Waals surface area contributed by atoms with Gasteiger partial charge in [-0.15, -0.1) is 23.7 Å². The van der Waals surface area contributed by atoms with Gasteiger partial charge in [0.2, 0.25) is 0 Å². The van der Waals surface area contributed by atoms with E-state index in [2.05, 4.69) is 36.2 Å². The number of benzene rings is 2. The lowest BCUT2D eigenvalue weighted by atomic mass is 10.0. The molecule has 1 aliphatic rings. The summed E-state index contributed by atoms with van der Waals surface area (Å²) in [5.74, 6) is 0.379. The van der Waals surface area contributed by atoms with Crippen LogP contribution in [0.4, 0.5) is 5.00 Å². The number of anilines is 1. The molecule has 6 nitrogen and oxygen atoms in total. The number of carbonyl (C=O) groups is 2. The molecule has 1 aliphatic heterocycles. The summed E-state index contributed by atoms with van der Waals surface area (Å²) >= 11 is 1.46. The van der Waals surface area contributed by atoms with Crippen LogP contribution in [0.15, 0.2) is 54.6 Å². The van der Waals surface area contributed by atoms with E-state index in [9.17, 15) is 9.59 Å². The molecule has 0 radical (unpaired) electrons. The van der Waals surface area contributed by atoms with Gasteiger partial charge in [-0.05, 0) is 48.1 Å². The van der Waals surface area contributed by atoms with Gasteiger partial charge < -0.3 is 14.8 Å². The number of halogens is 1. The first-order valence-electron chi connectivity index (χ1n) is 12.0. The van der Waals surface area contributed by atoms with Crippen LogP contribution in [0.5, 0.6) is 5.75 Å². The molecular weight excluding hydrogens is 496 g/mol. The van der Waals surface area contributed by atoms with Crippen LogP contribution < -0.4 is 10.1 Å². The van der Waals surface area contributed by atoms with E-state index in [1.165, 1.54) is 22.5 Å². The highest BCUT2D eigenvalue weighted by Gasteiger charge is 2.29. The third-order valence-corrected chi connectivity index (χ3v) is 7.17. The molecule has 2 aromatic carbocycles. The average Bonchev–Trinajstić information content (AvgIpc) is 3.20. The Morgan fingerprint density at radius 2 is 1.81 bits per heavy atom. The third kappa shape index (κ3) is 6.87. The van der Waals surface area contributed by atoms with Crippen LogP contribution in [0.1, 0.15) is 58.6 Å². The topological polar surface area (TPSA) is 67.9 Å². The maximum Gasteiger partial charge on any atom is 0.341 e. The van der Waals surface area contributed by atoms with E-state index in [1.54, 1.807) is 6.92 Å². The molecule has 0 saturated heterocycles. The van der Waals surface area contributed by atoms with Crippen molar-refractivity contribution in [1.82, 2.24) is 4.90 Å². The van der Waals surface area contributed by atoms with Gasteiger partial charge in [-0.2, -0.15) is 0 Å². The van der Waals surface area contributed by atoms with Crippen molar-refractivity contribution in [3.05, 3.63) is 81.7 Å². The Morgan fingerprint density at radius 3 is 2.47 bits per heavy atom. The molecule has 0 unspecified atom stereocenters. The lowest BCUT2D eigenvalue weighted by molar-refractivity contribution is -0.118. The van der Waals surface area contributed by atoms with Crippen molar-refractivity contribution in [3.8, 4) is 5.75 Å². The number of thiophene rings is 1. The normalized spacial score (nSPS) is 13.0. The zero-order valence-corrected chi connectivity index (χ0v) is 22.5. The Hall–Kier alpha value is -2.87. The third-order valence-electron chi connectivity index (χ3n) is 6.03. The number of nitrogens with one attached hydrogen (secondary N) is 1. The predicted molar refractivity (Wildman–Crippen MR) is 146 cm³/mol. The highest BCUT2D eigenvalue weighted by atomic mass is 35.5. The van der Waals surface area contributed by atoms with Crippen molar-refractivity contribution in [2.45, 2.75) is 46.2 Å². The molecule has 1 amide bonds. The van der Waals surface area contributed by atoms with Crippen LogP contribution in [-0.4, -0.2) is 36.5 Å². The van der Waals surface area contributed by atoms with Crippen LogP contribution >= 0.6 is 23.7 Å². The van der Waals surface area contributed by atoms with Gasteiger partial charge in [-0.1, -0.05) is 56.3 Å². The number of esters is 1. The Balaban J connectivity index is 0.00000361. The first kappa shape index (κ1) is 27.7. The smallest absolute Gasteiger partial charge is 0.341 e. The molecule has 1 N–H and O–H groups in total. The fourth-order valence-corrected chi connectivity index (χ4v) is 5.50. The van der Waals surface area contributed by atoms with Crippen molar-refractivity contribution >= 4 is 40.6 Å². The van der Waals surface area contributed by atoms with Gasteiger partial charge >= 0.3 is 5.97 Å². The number of ether oxygens (including phenoxy) is 2. The second-order valence-electron chi connectivity index (χ2n) is 8.94. The average molecular weight is 529 g/mol. The molecule has 0 atom stereocenters. The lowest BCUT2D eigenvalue weighted by Crippen LogP contribution is -2.30. The summed E-state index contributed by atoms with van der Waals surface area (Å²) in [4.78, 5) is 29.0. The van der Waals surface area contributed by atoms with Crippen molar-refractivity contribution in [3.63, 3.8) is 0 Å². The van der Waals surface area contributed by atoms with Crippen molar-refractivity contribution < 1.29 is 19.1 Å². The number of carbonyl (C=O) groups excluding carboxylic acids is 2. The number of hydrogen-bond acceptors (Lipinski definition) is 6. The number of amides is 1. The molecule has 0 aliphatic carbocycles. The minimum Gasteiger partial charge on any atom is -0.484 e. The summed E-state index contributed by atoms with van der Waals surface area (Å²) in [6.07, 6.45) is 0.737. The van der Waals surface area contributed by atoms with Crippen LogP contribution in [0.3, 0.4) is 0 Å². The lowest BCUT2D eigenvalue weighted by Gasteiger charge is -2.27. The number of fused-ring (bicyclic) bond motifs is 1. The molecule has 0 saturated carbocycles. The van der Waals surface area contributed by atoms with Gasteiger partial charge in [0.15, 0.2) is 6.61 Å². The molecular formula is C28H33ClN2O4S. The fraction of sp³-hybridized carbons (Fsp3) is 0.357. The first-order chi connectivity index (χ1) is 16.9. The number of nitrogens with zero attached hydrogens (tertiary/aromatic N) is 1. The molecule has 3 aromatic rings. The molecule has 1 aromatic heterocycles. The van der Waals surface area contributed by atoms with Crippen LogP contribution in [0.25, 0.3) is 0 Å². The Morgan fingerprint density at radius 1 is 1.08 bits per heavy atom. The number of hydrogen-bond donors (Lipinski definition) is 1. The Kier molecular flexibility index (Phi) is 9.93. The van der Waals surface area contributed by atoms with Gasteiger partial charge in [0.05, 0.1) is 12.2 Å². The van der Waals surface area contributed by atoms with E-state index < -0.39 is 0 Å². The Bertz CT molecular complexity index is 1160. The molecule has 0 bridgehead atoms.